The van der Waals surface area contributed by atoms with Gasteiger partial charge in [0.2, 0.25) is 0 Å². The largest absolute Gasteiger partial charge is 0.378 e. The molecule has 0 aromatic carbocycles. The Labute approximate surface area is 131 Å². The zero-order valence-electron chi connectivity index (χ0n) is 12.3. The SMILES string of the molecule is O=C(c1cc(-c2cccnc2)c2nncn2n1)N1CCOCC1. The summed E-state index contributed by atoms with van der Waals surface area (Å²) in [5.41, 5.74) is 2.60. The first kappa shape index (κ1) is 13.8. The van der Waals surface area contributed by atoms with Crippen LogP contribution >= 0.6 is 0 Å². The second-order valence-corrected chi connectivity index (χ2v) is 5.19. The molecule has 0 atom stereocenters. The molecule has 0 aliphatic carbocycles. The van der Waals surface area contributed by atoms with Crippen molar-refractivity contribution in [2.75, 3.05) is 26.3 Å². The van der Waals surface area contributed by atoms with Crippen molar-refractivity contribution in [2.45, 2.75) is 0 Å². The average Bonchev–Trinajstić information content (AvgIpc) is 3.10. The molecule has 1 fully saturated rings. The Morgan fingerprint density at radius 3 is 2.91 bits per heavy atom. The zero-order valence-corrected chi connectivity index (χ0v) is 12.3. The van der Waals surface area contributed by atoms with Crippen molar-refractivity contribution in [2.24, 2.45) is 0 Å². The van der Waals surface area contributed by atoms with E-state index in [0.717, 1.165) is 11.1 Å². The molecule has 116 valence electrons. The van der Waals surface area contributed by atoms with Crippen LogP contribution in [0.5, 0.6) is 0 Å². The highest BCUT2D eigenvalue weighted by Crippen LogP contribution is 2.23. The third kappa shape index (κ3) is 2.53. The third-order valence-corrected chi connectivity index (χ3v) is 3.76. The van der Waals surface area contributed by atoms with Crippen LogP contribution < -0.4 is 0 Å². The highest BCUT2D eigenvalue weighted by atomic mass is 16.5. The molecule has 1 aliphatic rings. The minimum Gasteiger partial charge on any atom is -0.378 e. The molecule has 0 saturated carbocycles. The van der Waals surface area contributed by atoms with Gasteiger partial charge in [-0.25, -0.2) is 0 Å². The molecule has 0 N–H and O–H groups in total. The molecule has 0 spiro atoms. The van der Waals surface area contributed by atoms with Crippen LogP contribution in [0, 0.1) is 0 Å². The van der Waals surface area contributed by atoms with Gasteiger partial charge in [-0.3, -0.25) is 9.78 Å². The van der Waals surface area contributed by atoms with Gasteiger partial charge in [0.15, 0.2) is 5.65 Å². The van der Waals surface area contributed by atoms with Gasteiger partial charge in [-0.1, -0.05) is 6.07 Å². The summed E-state index contributed by atoms with van der Waals surface area (Å²) < 4.78 is 6.81. The van der Waals surface area contributed by atoms with Crippen LogP contribution in [0.15, 0.2) is 36.9 Å². The fraction of sp³-hybridized carbons (Fsp3) is 0.267. The van der Waals surface area contributed by atoms with Crippen LogP contribution in [-0.2, 0) is 4.74 Å². The molecule has 8 heteroatoms. The minimum absolute atomic E-state index is 0.117. The van der Waals surface area contributed by atoms with Gasteiger partial charge >= 0.3 is 0 Å². The molecule has 0 radical (unpaired) electrons. The van der Waals surface area contributed by atoms with Crippen molar-refractivity contribution < 1.29 is 9.53 Å². The van der Waals surface area contributed by atoms with E-state index in [2.05, 4.69) is 20.3 Å². The molecule has 1 aliphatic heterocycles. The lowest BCUT2D eigenvalue weighted by molar-refractivity contribution is 0.0298. The summed E-state index contributed by atoms with van der Waals surface area (Å²) in [7, 11) is 0. The molecule has 8 nitrogen and oxygen atoms in total. The van der Waals surface area contributed by atoms with Crippen molar-refractivity contribution in [3.63, 3.8) is 0 Å². The van der Waals surface area contributed by atoms with E-state index in [4.69, 9.17) is 4.74 Å². The van der Waals surface area contributed by atoms with E-state index in [1.807, 2.05) is 12.1 Å². The van der Waals surface area contributed by atoms with E-state index in [9.17, 15) is 4.79 Å². The van der Waals surface area contributed by atoms with Crippen molar-refractivity contribution in [3.05, 3.63) is 42.6 Å². The molecule has 0 unspecified atom stereocenters. The number of carbonyl (C=O) groups is 1. The first-order valence-corrected chi connectivity index (χ1v) is 7.31. The summed E-state index contributed by atoms with van der Waals surface area (Å²) in [6, 6.07) is 5.50. The maximum Gasteiger partial charge on any atom is 0.274 e. The Hall–Kier alpha value is -2.87. The molecule has 4 rings (SSSR count). The topological polar surface area (TPSA) is 85.5 Å². The van der Waals surface area contributed by atoms with Crippen LogP contribution in [0.2, 0.25) is 0 Å². The number of fused-ring (bicyclic) bond motifs is 1. The molecule has 23 heavy (non-hydrogen) atoms. The molecule has 1 amide bonds. The summed E-state index contributed by atoms with van der Waals surface area (Å²) >= 11 is 0. The predicted octanol–water partition coefficient (Wildman–Crippen LogP) is 0.659. The summed E-state index contributed by atoms with van der Waals surface area (Å²) in [6.45, 7) is 2.25. The highest BCUT2D eigenvalue weighted by Gasteiger charge is 2.22. The van der Waals surface area contributed by atoms with Gasteiger partial charge in [-0.2, -0.15) is 9.61 Å². The summed E-state index contributed by atoms with van der Waals surface area (Å²) in [4.78, 5) is 18.6. The first-order valence-electron chi connectivity index (χ1n) is 7.31. The Morgan fingerprint density at radius 1 is 1.26 bits per heavy atom. The van der Waals surface area contributed by atoms with E-state index in [-0.39, 0.29) is 5.91 Å². The van der Waals surface area contributed by atoms with Gasteiger partial charge in [0, 0.05) is 36.6 Å². The molecule has 3 aromatic heterocycles. The van der Waals surface area contributed by atoms with Crippen LogP contribution in [0.3, 0.4) is 0 Å². The molecule has 1 saturated heterocycles. The fourth-order valence-corrected chi connectivity index (χ4v) is 2.59. The van der Waals surface area contributed by atoms with Crippen molar-refractivity contribution >= 4 is 11.6 Å². The number of aromatic nitrogens is 5. The Bertz CT molecular complexity index is 842. The van der Waals surface area contributed by atoms with Crippen LogP contribution in [0.25, 0.3) is 16.8 Å². The lowest BCUT2D eigenvalue weighted by atomic mass is 10.1. The maximum atomic E-state index is 12.7. The lowest BCUT2D eigenvalue weighted by Crippen LogP contribution is -2.41. The van der Waals surface area contributed by atoms with Gasteiger partial charge in [-0.15, -0.1) is 10.2 Å². The first-order chi connectivity index (χ1) is 11.3. The van der Waals surface area contributed by atoms with Gasteiger partial charge < -0.3 is 9.64 Å². The van der Waals surface area contributed by atoms with Gasteiger partial charge in [0.05, 0.1) is 13.2 Å². The molecule has 3 aromatic rings. The maximum absolute atomic E-state index is 12.7. The second kappa shape index (κ2) is 5.73. The minimum atomic E-state index is -0.117. The van der Waals surface area contributed by atoms with E-state index in [1.165, 1.54) is 10.8 Å². The van der Waals surface area contributed by atoms with Crippen molar-refractivity contribution in [1.82, 2.24) is 29.7 Å². The third-order valence-electron chi connectivity index (χ3n) is 3.76. The number of nitrogens with zero attached hydrogens (tertiary/aromatic N) is 6. The quantitative estimate of drug-likeness (QED) is 0.691. The lowest BCUT2D eigenvalue weighted by Gasteiger charge is -2.26. The number of amides is 1. The van der Waals surface area contributed by atoms with E-state index in [0.29, 0.717) is 37.6 Å². The molecular weight excluding hydrogens is 296 g/mol. The zero-order chi connectivity index (χ0) is 15.6. The summed E-state index contributed by atoms with van der Waals surface area (Å²) in [5.74, 6) is -0.117. The average molecular weight is 310 g/mol. The normalized spacial score (nSPS) is 15.0. The van der Waals surface area contributed by atoms with E-state index < -0.39 is 0 Å². The number of hydrogen-bond acceptors (Lipinski definition) is 6. The molecule has 0 bridgehead atoms. The Morgan fingerprint density at radius 2 is 2.13 bits per heavy atom. The van der Waals surface area contributed by atoms with E-state index >= 15 is 0 Å². The predicted molar refractivity (Wildman–Crippen MR) is 80.7 cm³/mol. The number of rotatable bonds is 2. The highest BCUT2D eigenvalue weighted by molar-refractivity contribution is 5.94. The summed E-state index contributed by atoms with van der Waals surface area (Å²) in [6.07, 6.45) is 4.92. The Kier molecular flexibility index (Phi) is 3.43. The number of pyridine rings is 1. The summed E-state index contributed by atoms with van der Waals surface area (Å²) in [5, 5.41) is 12.3. The van der Waals surface area contributed by atoms with Crippen molar-refractivity contribution in [3.8, 4) is 11.1 Å². The molecular formula is C15H14N6O2. The smallest absolute Gasteiger partial charge is 0.274 e. The van der Waals surface area contributed by atoms with E-state index in [1.54, 1.807) is 23.4 Å². The van der Waals surface area contributed by atoms with Crippen LogP contribution in [-0.4, -0.2) is 61.9 Å². The standard InChI is InChI=1S/C15H14N6O2/c22-15(20-4-6-23-7-5-20)13-8-12(11-2-1-3-16-9-11)14-18-17-10-21(14)19-13/h1-3,8-10H,4-7H2. The van der Waals surface area contributed by atoms with Crippen molar-refractivity contribution in [1.29, 1.82) is 0 Å². The Balaban J connectivity index is 1.80. The molecule has 4 heterocycles. The van der Waals surface area contributed by atoms with Gasteiger partial charge in [0.25, 0.3) is 5.91 Å². The second-order valence-electron chi connectivity index (χ2n) is 5.19. The number of hydrogen-bond donors (Lipinski definition) is 0. The number of morpholine rings is 1. The monoisotopic (exact) mass is 310 g/mol. The number of ether oxygens (including phenoxy) is 1. The van der Waals surface area contributed by atoms with Crippen LogP contribution in [0.4, 0.5) is 0 Å². The number of carbonyl (C=O) groups excluding carboxylic acids is 1. The fourth-order valence-electron chi connectivity index (χ4n) is 2.59. The van der Waals surface area contributed by atoms with Crippen LogP contribution in [0.1, 0.15) is 10.5 Å². The van der Waals surface area contributed by atoms with Gasteiger partial charge in [0.1, 0.15) is 12.0 Å². The van der Waals surface area contributed by atoms with Gasteiger partial charge in [-0.05, 0) is 12.1 Å².